The Balaban J connectivity index is 1.75. The molecule has 0 aliphatic carbocycles. The summed E-state index contributed by atoms with van der Waals surface area (Å²) in [5.41, 5.74) is 6.12. The van der Waals surface area contributed by atoms with Gasteiger partial charge in [-0.05, 0) is 42.7 Å². The van der Waals surface area contributed by atoms with Gasteiger partial charge in [-0.25, -0.2) is 4.98 Å². The fourth-order valence-electron chi connectivity index (χ4n) is 2.62. The number of fused-ring (bicyclic) bond motifs is 1. The van der Waals surface area contributed by atoms with Crippen molar-refractivity contribution in [2.24, 2.45) is 0 Å². The van der Waals surface area contributed by atoms with Crippen LogP contribution in [0, 0.1) is 13.8 Å². The molecule has 2 aromatic heterocycles. The van der Waals surface area contributed by atoms with Crippen molar-refractivity contribution >= 4 is 22.2 Å². The van der Waals surface area contributed by atoms with Crippen molar-refractivity contribution in [2.45, 2.75) is 13.8 Å². The number of hydrogen-bond donors (Lipinski definition) is 1. The van der Waals surface area contributed by atoms with Gasteiger partial charge in [0.2, 0.25) is 0 Å². The van der Waals surface area contributed by atoms with Gasteiger partial charge in [0, 0.05) is 17.1 Å². The predicted octanol–water partition coefficient (Wildman–Crippen LogP) is 5.58. The third-order valence-corrected chi connectivity index (χ3v) is 5.14. The Bertz CT molecular complexity index is 929. The largest absolute Gasteiger partial charge is 0.353 e. The smallest absolute Gasteiger partial charge is 0.140 e. The maximum atomic E-state index is 4.60. The number of aryl methyl sites for hydroxylation is 2. The van der Waals surface area contributed by atoms with Crippen molar-refractivity contribution in [1.82, 2.24) is 9.97 Å². The summed E-state index contributed by atoms with van der Waals surface area (Å²) in [5.74, 6) is 0. The van der Waals surface area contributed by atoms with Gasteiger partial charge in [0.1, 0.15) is 5.01 Å². The molecule has 0 saturated heterocycles. The Kier molecular flexibility index (Phi) is 3.09. The minimum atomic E-state index is 1.03. The lowest BCUT2D eigenvalue weighted by atomic mass is 10.1. The van der Waals surface area contributed by atoms with E-state index in [1.165, 1.54) is 27.0 Å². The van der Waals surface area contributed by atoms with E-state index in [1.807, 2.05) is 12.3 Å². The van der Waals surface area contributed by atoms with Gasteiger partial charge < -0.3 is 4.98 Å². The van der Waals surface area contributed by atoms with Crippen LogP contribution in [0.25, 0.3) is 32.0 Å². The average Bonchev–Trinajstić information content (AvgIpc) is 3.15. The first-order chi connectivity index (χ1) is 10.7. The third-order valence-electron chi connectivity index (χ3n) is 4.06. The number of aromatic nitrogens is 2. The zero-order chi connectivity index (χ0) is 15.1. The van der Waals surface area contributed by atoms with E-state index in [9.17, 15) is 0 Å². The highest BCUT2D eigenvalue weighted by atomic mass is 32.1. The molecule has 0 atom stereocenters. The molecule has 108 valence electrons. The quantitative estimate of drug-likeness (QED) is 0.515. The highest BCUT2D eigenvalue weighted by Gasteiger charge is 2.09. The van der Waals surface area contributed by atoms with Gasteiger partial charge in [-0.1, -0.05) is 36.4 Å². The van der Waals surface area contributed by atoms with E-state index >= 15 is 0 Å². The zero-order valence-corrected chi connectivity index (χ0v) is 13.4. The molecule has 2 nitrogen and oxygen atoms in total. The first-order valence-corrected chi connectivity index (χ1v) is 8.14. The number of nitrogens with one attached hydrogen (secondary N) is 1. The molecule has 0 bridgehead atoms. The molecular formula is C19H16N2S. The van der Waals surface area contributed by atoms with Crippen molar-refractivity contribution in [1.29, 1.82) is 0 Å². The van der Waals surface area contributed by atoms with Gasteiger partial charge >= 0.3 is 0 Å². The molecule has 0 fully saturated rings. The van der Waals surface area contributed by atoms with E-state index in [4.69, 9.17) is 0 Å². The standard InChI is InChI=1S/C19H16N2S/c1-12-7-8-15(9-13(12)2)18-11-20-19(22-18)17-10-14-5-3-4-6-16(14)21-17/h3-11,21H,1-2H3. The van der Waals surface area contributed by atoms with Gasteiger partial charge in [-0.2, -0.15) is 0 Å². The Labute approximate surface area is 133 Å². The summed E-state index contributed by atoms with van der Waals surface area (Å²) < 4.78 is 0. The first-order valence-electron chi connectivity index (χ1n) is 7.32. The van der Waals surface area contributed by atoms with E-state index in [0.29, 0.717) is 0 Å². The number of H-pyrrole nitrogens is 1. The summed E-state index contributed by atoms with van der Waals surface area (Å²) in [7, 11) is 0. The van der Waals surface area contributed by atoms with Gasteiger partial charge in [0.05, 0.1) is 10.6 Å². The van der Waals surface area contributed by atoms with E-state index < -0.39 is 0 Å². The van der Waals surface area contributed by atoms with E-state index in [-0.39, 0.29) is 0 Å². The second-order valence-corrected chi connectivity index (χ2v) is 6.63. The van der Waals surface area contributed by atoms with Gasteiger partial charge in [0.25, 0.3) is 0 Å². The van der Waals surface area contributed by atoms with E-state index in [1.54, 1.807) is 11.3 Å². The van der Waals surface area contributed by atoms with Crippen molar-refractivity contribution < 1.29 is 0 Å². The molecule has 0 saturated carbocycles. The lowest BCUT2D eigenvalue weighted by Gasteiger charge is -2.02. The molecule has 22 heavy (non-hydrogen) atoms. The molecule has 0 amide bonds. The lowest BCUT2D eigenvalue weighted by Crippen LogP contribution is -1.80. The number of benzene rings is 2. The SMILES string of the molecule is Cc1ccc(-c2cnc(-c3cc4ccccc4[nH]3)s2)cc1C. The van der Waals surface area contributed by atoms with E-state index in [2.05, 4.69) is 66.3 Å². The van der Waals surface area contributed by atoms with Crippen LogP contribution in [0.5, 0.6) is 0 Å². The number of nitrogens with zero attached hydrogens (tertiary/aromatic N) is 1. The molecule has 0 unspecified atom stereocenters. The van der Waals surface area contributed by atoms with Crippen LogP contribution in [0.1, 0.15) is 11.1 Å². The molecule has 1 N–H and O–H groups in total. The van der Waals surface area contributed by atoms with Crippen molar-refractivity contribution in [2.75, 3.05) is 0 Å². The molecule has 0 aliphatic heterocycles. The fourth-order valence-corrected chi connectivity index (χ4v) is 3.50. The molecule has 0 aliphatic rings. The molecule has 2 aromatic carbocycles. The molecule has 2 heterocycles. The number of aromatic amines is 1. The highest BCUT2D eigenvalue weighted by molar-refractivity contribution is 7.18. The van der Waals surface area contributed by atoms with Crippen LogP contribution in [-0.2, 0) is 0 Å². The topological polar surface area (TPSA) is 28.7 Å². The third kappa shape index (κ3) is 2.24. The van der Waals surface area contributed by atoms with Crippen LogP contribution >= 0.6 is 11.3 Å². The Hall–Kier alpha value is -2.39. The summed E-state index contributed by atoms with van der Waals surface area (Å²) in [6.45, 7) is 4.29. The normalized spacial score (nSPS) is 11.2. The van der Waals surface area contributed by atoms with Crippen molar-refractivity contribution in [3.63, 3.8) is 0 Å². The number of rotatable bonds is 2. The summed E-state index contributed by atoms with van der Waals surface area (Å²) in [6, 6.07) is 17.1. The van der Waals surface area contributed by atoms with Gasteiger partial charge in [0.15, 0.2) is 0 Å². The zero-order valence-electron chi connectivity index (χ0n) is 12.6. The highest BCUT2D eigenvalue weighted by Crippen LogP contribution is 2.33. The van der Waals surface area contributed by atoms with Crippen molar-refractivity contribution in [3.05, 3.63) is 65.9 Å². The monoisotopic (exact) mass is 304 g/mol. The molecular weight excluding hydrogens is 288 g/mol. The summed E-state index contributed by atoms with van der Waals surface area (Å²) in [5, 5.41) is 2.25. The first kappa shape index (κ1) is 13.3. The number of para-hydroxylation sites is 1. The minimum absolute atomic E-state index is 1.03. The van der Waals surface area contributed by atoms with Crippen molar-refractivity contribution in [3.8, 4) is 21.1 Å². The summed E-state index contributed by atoms with van der Waals surface area (Å²) in [4.78, 5) is 9.25. The van der Waals surface area contributed by atoms with Crippen LogP contribution in [0.3, 0.4) is 0 Å². The summed E-state index contributed by atoms with van der Waals surface area (Å²) in [6.07, 6.45) is 1.97. The van der Waals surface area contributed by atoms with Crippen LogP contribution in [0.2, 0.25) is 0 Å². The van der Waals surface area contributed by atoms with Crippen LogP contribution in [-0.4, -0.2) is 9.97 Å². The molecule has 3 heteroatoms. The predicted molar refractivity (Wildman–Crippen MR) is 94.3 cm³/mol. The summed E-state index contributed by atoms with van der Waals surface area (Å²) >= 11 is 1.73. The fraction of sp³-hybridized carbons (Fsp3) is 0.105. The Morgan fingerprint density at radius 3 is 2.64 bits per heavy atom. The van der Waals surface area contributed by atoms with E-state index in [0.717, 1.165) is 16.2 Å². The van der Waals surface area contributed by atoms with Gasteiger partial charge in [-0.3, -0.25) is 0 Å². The average molecular weight is 304 g/mol. The maximum absolute atomic E-state index is 4.60. The number of thiazole rings is 1. The van der Waals surface area contributed by atoms with Crippen LogP contribution in [0.15, 0.2) is 54.7 Å². The van der Waals surface area contributed by atoms with Gasteiger partial charge in [-0.15, -0.1) is 11.3 Å². The Morgan fingerprint density at radius 2 is 1.82 bits per heavy atom. The number of hydrogen-bond acceptors (Lipinski definition) is 2. The van der Waals surface area contributed by atoms with Crippen LogP contribution in [0.4, 0.5) is 0 Å². The molecule has 0 radical (unpaired) electrons. The minimum Gasteiger partial charge on any atom is -0.353 e. The molecule has 4 rings (SSSR count). The second-order valence-electron chi connectivity index (χ2n) is 5.60. The second kappa shape index (κ2) is 5.11. The molecule has 4 aromatic rings. The maximum Gasteiger partial charge on any atom is 0.140 e. The lowest BCUT2D eigenvalue weighted by molar-refractivity contribution is 1.34. The van der Waals surface area contributed by atoms with Crippen LogP contribution < -0.4 is 0 Å². The molecule has 0 spiro atoms. The Morgan fingerprint density at radius 1 is 0.955 bits per heavy atom.